The molecule has 94 valence electrons. The lowest BCUT2D eigenvalue weighted by atomic mass is 10.2. The molecule has 4 heteroatoms. The molecule has 0 saturated heterocycles. The van der Waals surface area contributed by atoms with Crippen LogP contribution in [0, 0.1) is 12.7 Å². The number of anilines is 1. The van der Waals surface area contributed by atoms with Crippen molar-refractivity contribution in [3.05, 3.63) is 57.8 Å². The molecule has 0 aliphatic carbocycles. The van der Waals surface area contributed by atoms with Crippen LogP contribution in [0.15, 0.2) is 40.9 Å². The zero-order valence-electron chi connectivity index (χ0n) is 9.91. The van der Waals surface area contributed by atoms with Gasteiger partial charge in [0, 0.05) is 10.0 Å². The van der Waals surface area contributed by atoms with Crippen molar-refractivity contribution in [1.29, 1.82) is 0 Å². The average Bonchev–Trinajstić information content (AvgIpc) is 2.33. The number of para-hydroxylation sites is 1. The van der Waals surface area contributed by atoms with Gasteiger partial charge in [-0.15, -0.1) is 0 Å². The minimum atomic E-state index is -0.296. The van der Waals surface area contributed by atoms with E-state index < -0.39 is 0 Å². The summed E-state index contributed by atoms with van der Waals surface area (Å²) < 4.78 is 19.8. The lowest BCUT2D eigenvalue weighted by molar-refractivity contribution is 0.301. The van der Waals surface area contributed by atoms with Gasteiger partial charge in [-0.2, -0.15) is 0 Å². The molecule has 2 aromatic rings. The van der Waals surface area contributed by atoms with E-state index in [2.05, 4.69) is 15.9 Å². The van der Waals surface area contributed by atoms with Crippen LogP contribution in [0.1, 0.15) is 11.1 Å². The summed E-state index contributed by atoms with van der Waals surface area (Å²) in [5.41, 5.74) is 7.92. The van der Waals surface area contributed by atoms with E-state index in [1.54, 1.807) is 18.2 Å². The zero-order valence-corrected chi connectivity index (χ0v) is 11.5. The summed E-state index contributed by atoms with van der Waals surface area (Å²) in [7, 11) is 0. The van der Waals surface area contributed by atoms with Crippen LogP contribution < -0.4 is 10.5 Å². The second kappa shape index (κ2) is 5.40. The van der Waals surface area contributed by atoms with Gasteiger partial charge in [0.15, 0.2) is 0 Å². The lowest BCUT2D eigenvalue weighted by Gasteiger charge is -2.11. The van der Waals surface area contributed by atoms with E-state index in [-0.39, 0.29) is 12.4 Å². The SMILES string of the molecule is Cc1cccc(OCc2ccc(Br)cc2F)c1N. The van der Waals surface area contributed by atoms with Crippen LogP contribution in [-0.2, 0) is 6.61 Å². The first-order valence-corrected chi connectivity index (χ1v) is 6.29. The van der Waals surface area contributed by atoms with Crippen molar-refractivity contribution >= 4 is 21.6 Å². The van der Waals surface area contributed by atoms with Gasteiger partial charge in [0.05, 0.1) is 5.69 Å². The highest BCUT2D eigenvalue weighted by Crippen LogP contribution is 2.25. The molecule has 0 radical (unpaired) electrons. The van der Waals surface area contributed by atoms with Crippen molar-refractivity contribution in [1.82, 2.24) is 0 Å². The van der Waals surface area contributed by atoms with Gasteiger partial charge in [-0.3, -0.25) is 0 Å². The summed E-state index contributed by atoms with van der Waals surface area (Å²) in [5.74, 6) is 0.285. The maximum atomic E-state index is 13.6. The number of ether oxygens (including phenoxy) is 1. The zero-order chi connectivity index (χ0) is 13.1. The Labute approximate surface area is 114 Å². The molecule has 0 aromatic heterocycles. The minimum Gasteiger partial charge on any atom is -0.487 e. The smallest absolute Gasteiger partial charge is 0.142 e. The van der Waals surface area contributed by atoms with Gasteiger partial charge < -0.3 is 10.5 Å². The average molecular weight is 310 g/mol. The molecule has 0 fully saturated rings. The number of rotatable bonds is 3. The van der Waals surface area contributed by atoms with Crippen LogP contribution in [-0.4, -0.2) is 0 Å². The first-order chi connectivity index (χ1) is 8.58. The third-order valence-corrected chi connectivity index (χ3v) is 3.18. The molecule has 2 N–H and O–H groups in total. The molecule has 18 heavy (non-hydrogen) atoms. The molecule has 0 spiro atoms. The maximum Gasteiger partial charge on any atom is 0.142 e. The Morgan fingerprint density at radius 1 is 1.28 bits per heavy atom. The quantitative estimate of drug-likeness (QED) is 0.868. The van der Waals surface area contributed by atoms with Gasteiger partial charge in [0.25, 0.3) is 0 Å². The topological polar surface area (TPSA) is 35.2 Å². The second-order valence-electron chi connectivity index (χ2n) is 4.01. The lowest BCUT2D eigenvalue weighted by Crippen LogP contribution is -2.01. The van der Waals surface area contributed by atoms with Gasteiger partial charge in [-0.05, 0) is 30.7 Å². The molecule has 2 aromatic carbocycles. The van der Waals surface area contributed by atoms with E-state index in [0.29, 0.717) is 21.5 Å². The maximum absolute atomic E-state index is 13.6. The minimum absolute atomic E-state index is 0.159. The van der Waals surface area contributed by atoms with Crippen molar-refractivity contribution in [2.75, 3.05) is 5.73 Å². The Morgan fingerprint density at radius 3 is 2.78 bits per heavy atom. The fourth-order valence-corrected chi connectivity index (χ4v) is 1.91. The van der Waals surface area contributed by atoms with Gasteiger partial charge >= 0.3 is 0 Å². The molecular formula is C14H13BrFNO. The van der Waals surface area contributed by atoms with E-state index >= 15 is 0 Å². The summed E-state index contributed by atoms with van der Waals surface area (Å²) in [6, 6.07) is 10.4. The van der Waals surface area contributed by atoms with E-state index in [0.717, 1.165) is 5.56 Å². The van der Waals surface area contributed by atoms with Gasteiger partial charge in [-0.1, -0.05) is 34.1 Å². The van der Waals surface area contributed by atoms with Crippen LogP contribution in [0.2, 0.25) is 0 Å². The highest BCUT2D eigenvalue weighted by molar-refractivity contribution is 9.10. The van der Waals surface area contributed by atoms with Gasteiger partial charge in [-0.25, -0.2) is 4.39 Å². The van der Waals surface area contributed by atoms with Crippen molar-refractivity contribution in [3.8, 4) is 5.75 Å². The third kappa shape index (κ3) is 2.82. The van der Waals surface area contributed by atoms with E-state index in [9.17, 15) is 4.39 Å². The van der Waals surface area contributed by atoms with E-state index in [1.165, 1.54) is 6.07 Å². The number of nitrogens with two attached hydrogens (primary N) is 1. The summed E-state index contributed by atoms with van der Waals surface area (Å²) in [6.07, 6.45) is 0. The Morgan fingerprint density at radius 2 is 2.06 bits per heavy atom. The van der Waals surface area contributed by atoms with Crippen molar-refractivity contribution < 1.29 is 9.13 Å². The summed E-state index contributed by atoms with van der Waals surface area (Å²) in [4.78, 5) is 0. The van der Waals surface area contributed by atoms with Crippen LogP contribution in [0.3, 0.4) is 0 Å². The molecule has 2 rings (SSSR count). The van der Waals surface area contributed by atoms with E-state index in [4.69, 9.17) is 10.5 Å². The molecular weight excluding hydrogens is 297 g/mol. The van der Waals surface area contributed by atoms with Crippen LogP contribution in [0.4, 0.5) is 10.1 Å². The Bertz CT molecular complexity index is 572. The first kappa shape index (κ1) is 12.9. The van der Waals surface area contributed by atoms with Crippen molar-refractivity contribution in [2.45, 2.75) is 13.5 Å². The first-order valence-electron chi connectivity index (χ1n) is 5.50. The highest BCUT2D eigenvalue weighted by atomic mass is 79.9. The van der Waals surface area contributed by atoms with E-state index in [1.807, 2.05) is 19.1 Å². The molecule has 0 unspecified atom stereocenters. The molecule has 0 saturated carbocycles. The van der Waals surface area contributed by atoms with Gasteiger partial charge in [0.1, 0.15) is 18.2 Å². The molecule has 0 aliphatic rings. The fourth-order valence-electron chi connectivity index (χ4n) is 1.57. The van der Waals surface area contributed by atoms with Crippen LogP contribution in [0.5, 0.6) is 5.75 Å². The molecule has 0 heterocycles. The van der Waals surface area contributed by atoms with Crippen LogP contribution >= 0.6 is 15.9 Å². The molecule has 0 amide bonds. The number of hydrogen-bond donors (Lipinski definition) is 1. The fraction of sp³-hybridized carbons (Fsp3) is 0.143. The predicted molar refractivity (Wildman–Crippen MR) is 74.0 cm³/mol. The number of nitrogen functional groups attached to an aromatic ring is 1. The summed E-state index contributed by atoms with van der Waals surface area (Å²) in [6.45, 7) is 2.06. The standard InChI is InChI=1S/C14H13BrFNO/c1-9-3-2-4-13(14(9)17)18-8-10-5-6-11(15)7-12(10)16/h2-7H,8,17H2,1H3. The number of hydrogen-bond acceptors (Lipinski definition) is 2. The predicted octanol–water partition coefficient (Wildman–Crippen LogP) is 4.06. The second-order valence-corrected chi connectivity index (χ2v) is 4.93. The third-order valence-electron chi connectivity index (χ3n) is 2.68. The van der Waals surface area contributed by atoms with Crippen LogP contribution in [0.25, 0.3) is 0 Å². The number of halogens is 2. The monoisotopic (exact) mass is 309 g/mol. The summed E-state index contributed by atoms with van der Waals surface area (Å²) in [5, 5.41) is 0. The molecule has 0 bridgehead atoms. The molecule has 2 nitrogen and oxygen atoms in total. The van der Waals surface area contributed by atoms with Crippen molar-refractivity contribution in [2.24, 2.45) is 0 Å². The molecule has 0 aliphatic heterocycles. The Hall–Kier alpha value is -1.55. The summed E-state index contributed by atoms with van der Waals surface area (Å²) >= 11 is 3.21. The molecule has 0 atom stereocenters. The van der Waals surface area contributed by atoms with Crippen molar-refractivity contribution in [3.63, 3.8) is 0 Å². The Kier molecular flexibility index (Phi) is 3.87. The largest absolute Gasteiger partial charge is 0.487 e. The normalized spacial score (nSPS) is 10.4. The Balaban J connectivity index is 2.14. The number of benzene rings is 2. The number of aryl methyl sites for hydroxylation is 1. The van der Waals surface area contributed by atoms with Gasteiger partial charge in [0.2, 0.25) is 0 Å². The highest BCUT2D eigenvalue weighted by Gasteiger charge is 2.06.